The molecule has 1 unspecified atom stereocenters. The van der Waals surface area contributed by atoms with E-state index >= 15 is 0 Å². The molecular weight excluding hydrogens is 316 g/mol. The SMILES string of the molecule is CC(CCO)CNC(=O)c1cccc(COc2cccc(C#N)c2)c1. The van der Waals surface area contributed by atoms with Crippen molar-refractivity contribution in [1.82, 2.24) is 5.32 Å². The highest BCUT2D eigenvalue weighted by atomic mass is 16.5. The standard InChI is InChI=1S/C20H22N2O3/c1-15(8-9-23)13-22-20(24)18-6-2-5-17(10-18)14-25-19-7-3-4-16(11-19)12-21/h2-7,10-11,15,23H,8-9,13-14H2,1H3,(H,22,24). The average molecular weight is 338 g/mol. The molecular formula is C20H22N2O3. The predicted octanol–water partition coefficient (Wildman–Crippen LogP) is 2.89. The minimum absolute atomic E-state index is 0.122. The van der Waals surface area contributed by atoms with Crippen molar-refractivity contribution in [3.8, 4) is 11.8 Å². The average Bonchev–Trinajstić information content (AvgIpc) is 2.65. The summed E-state index contributed by atoms with van der Waals surface area (Å²) >= 11 is 0. The van der Waals surface area contributed by atoms with Gasteiger partial charge in [-0.3, -0.25) is 4.79 Å². The van der Waals surface area contributed by atoms with Crippen LogP contribution in [0.4, 0.5) is 0 Å². The number of nitrogens with one attached hydrogen (secondary N) is 1. The first-order valence-electron chi connectivity index (χ1n) is 8.23. The molecule has 2 aromatic rings. The highest BCUT2D eigenvalue weighted by Crippen LogP contribution is 2.15. The highest BCUT2D eigenvalue weighted by Gasteiger charge is 2.08. The highest BCUT2D eigenvalue weighted by molar-refractivity contribution is 5.94. The Morgan fingerprint density at radius 2 is 2.08 bits per heavy atom. The molecule has 0 heterocycles. The van der Waals surface area contributed by atoms with Crippen LogP contribution in [0.5, 0.6) is 5.75 Å². The third-order valence-electron chi connectivity index (χ3n) is 3.79. The van der Waals surface area contributed by atoms with Crippen molar-refractivity contribution in [3.05, 3.63) is 65.2 Å². The normalized spacial score (nSPS) is 11.4. The van der Waals surface area contributed by atoms with E-state index in [2.05, 4.69) is 11.4 Å². The summed E-state index contributed by atoms with van der Waals surface area (Å²) in [5.41, 5.74) is 1.99. The number of hydrogen-bond donors (Lipinski definition) is 2. The topological polar surface area (TPSA) is 82.3 Å². The third kappa shape index (κ3) is 5.94. The molecule has 0 spiro atoms. The molecule has 0 saturated heterocycles. The minimum Gasteiger partial charge on any atom is -0.489 e. The Morgan fingerprint density at radius 1 is 1.28 bits per heavy atom. The first-order chi connectivity index (χ1) is 12.1. The van der Waals surface area contributed by atoms with Gasteiger partial charge in [-0.2, -0.15) is 5.26 Å². The van der Waals surface area contributed by atoms with Gasteiger partial charge in [0.25, 0.3) is 5.91 Å². The molecule has 0 aromatic heterocycles. The minimum atomic E-state index is -0.141. The van der Waals surface area contributed by atoms with Gasteiger partial charge in [0, 0.05) is 18.7 Å². The number of amides is 1. The van der Waals surface area contributed by atoms with E-state index in [0.29, 0.717) is 36.4 Å². The van der Waals surface area contributed by atoms with Gasteiger partial charge >= 0.3 is 0 Å². The molecule has 0 aliphatic rings. The first-order valence-corrected chi connectivity index (χ1v) is 8.23. The molecule has 0 bridgehead atoms. The Hall–Kier alpha value is -2.84. The van der Waals surface area contributed by atoms with E-state index in [4.69, 9.17) is 15.1 Å². The Labute approximate surface area is 147 Å². The molecule has 25 heavy (non-hydrogen) atoms. The van der Waals surface area contributed by atoms with Crippen LogP contribution in [-0.2, 0) is 6.61 Å². The molecule has 0 radical (unpaired) electrons. The van der Waals surface area contributed by atoms with Crippen molar-refractivity contribution in [3.63, 3.8) is 0 Å². The quantitative estimate of drug-likeness (QED) is 0.775. The lowest BCUT2D eigenvalue weighted by Gasteiger charge is -2.12. The van der Waals surface area contributed by atoms with Gasteiger partial charge in [-0.25, -0.2) is 0 Å². The van der Waals surface area contributed by atoms with E-state index in [1.165, 1.54) is 0 Å². The van der Waals surface area contributed by atoms with Gasteiger partial charge in [-0.1, -0.05) is 25.1 Å². The molecule has 0 aliphatic heterocycles. The fourth-order valence-corrected chi connectivity index (χ4v) is 2.32. The molecule has 0 fully saturated rings. The Kier molecular flexibility index (Phi) is 7.00. The van der Waals surface area contributed by atoms with Gasteiger partial charge in [0.15, 0.2) is 0 Å². The maximum atomic E-state index is 12.2. The van der Waals surface area contributed by atoms with Crippen LogP contribution >= 0.6 is 0 Å². The zero-order valence-electron chi connectivity index (χ0n) is 14.2. The number of nitrogens with zero attached hydrogens (tertiary/aromatic N) is 1. The lowest BCUT2D eigenvalue weighted by Crippen LogP contribution is -2.28. The molecule has 130 valence electrons. The second-order valence-corrected chi connectivity index (χ2v) is 5.96. The van der Waals surface area contributed by atoms with Crippen LogP contribution in [0.2, 0.25) is 0 Å². The number of aliphatic hydroxyl groups excluding tert-OH is 1. The molecule has 0 aliphatic carbocycles. The fourth-order valence-electron chi connectivity index (χ4n) is 2.32. The molecule has 1 atom stereocenters. The lowest BCUT2D eigenvalue weighted by molar-refractivity contribution is 0.0945. The van der Waals surface area contributed by atoms with Crippen molar-refractivity contribution in [2.45, 2.75) is 20.0 Å². The van der Waals surface area contributed by atoms with E-state index in [9.17, 15) is 4.79 Å². The predicted molar refractivity (Wildman–Crippen MR) is 95.1 cm³/mol. The van der Waals surface area contributed by atoms with Crippen molar-refractivity contribution in [1.29, 1.82) is 5.26 Å². The second-order valence-electron chi connectivity index (χ2n) is 5.96. The van der Waals surface area contributed by atoms with Gasteiger partial charge in [0.1, 0.15) is 12.4 Å². The van der Waals surface area contributed by atoms with Crippen LogP contribution < -0.4 is 10.1 Å². The van der Waals surface area contributed by atoms with E-state index in [-0.39, 0.29) is 18.4 Å². The molecule has 0 saturated carbocycles. The number of nitriles is 1. The summed E-state index contributed by atoms with van der Waals surface area (Å²) < 4.78 is 5.69. The summed E-state index contributed by atoms with van der Waals surface area (Å²) in [5.74, 6) is 0.706. The van der Waals surface area contributed by atoms with Gasteiger partial charge in [0.2, 0.25) is 0 Å². The fraction of sp³-hybridized carbons (Fsp3) is 0.300. The Bertz CT molecular complexity index is 753. The number of carbonyl (C=O) groups excluding carboxylic acids is 1. The number of rotatable bonds is 8. The Balaban J connectivity index is 1.94. The maximum Gasteiger partial charge on any atom is 0.251 e. The van der Waals surface area contributed by atoms with Crippen LogP contribution in [0.15, 0.2) is 48.5 Å². The number of carbonyl (C=O) groups is 1. The summed E-state index contributed by atoms with van der Waals surface area (Å²) in [6.45, 7) is 2.95. The molecule has 5 nitrogen and oxygen atoms in total. The zero-order chi connectivity index (χ0) is 18.1. The van der Waals surface area contributed by atoms with Gasteiger partial charge in [-0.05, 0) is 48.2 Å². The monoisotopic (exact) mass is 338 g/mol. The van der Waals surface area contributed by atoms with Gasteiger partial charge in [0.05, 0.1) is 11.6 Å². The van der Waals surface area contributed by atoms with Gasteiger partial charge < -0.3 is 15.2 Å². The molecule has 1 amide bonds. The first kappa shape index (κ1) is 18.5. The van der Waals surface area contributed by atoms with Crippen LogP contribution in [0.1, 0.15) is 34.8 Å². The lowest BCUT2D eigenvalue weighted by atomic mass is 10.1. The number of hydrogen-bond acceptors (Lipinski definition) is 4. The van der Waals surface area contributed by atoms with Crippen molar-refractivity contribution >= 4 is 5.91 Å². The van der Waals surface area contributed by atoms with Crippen LogP contribution in [-0.4, -0.2) is 24.2 Å². The molecule has 5 heteroatoms. The summed E-state index contributed by atoms with van der Waals surface area (Å²) in [7, 11) is 0. The summed E-state index contributed by atoms with van der Waals surface area (Å²) in [5, 5.41) is 20.7. The molecule has 2 N–H and O–H groups in total. The van der Waals surface area contributed by atoms with Crippen molar-refractivity contribution in [2.24, 2.45) is 5.92 Å². The third-order valence-corrected chi connectivity index (χ3v) is 3.79. The summed E-state index contributed by atoms with van der Waals surface area (Å²) in [6, 6.07) is 16.3. The zero-order valence-corrected chi connectivity index (χ0v) is 14.2. The van der Waals surface area contributed by atoms with E-state index < -0.39 is 0 Å². The molecule has 2 aromatic carbocycles. The van der Waals surface area contributed by atoms with E-state index in [1.54, 1.807) is 36.4 Å². The molecule has 2 rings (SSSR count). The Morgan fingerprint density at radius 3 is 2.84 bits per heavy atom. The summed E-state index contributed by atoms with van der Waals surface area (Å²) in [4.78, 5) is 12.2. The smallest absolute Gasteiger partial charge is 0.251 e. The van der Waals surface area contributed by atoms with Crippen molar-refractivity contribution < 1.29 is 14.6 Å². The van der Waals surface area contributed by atoms with Crippen LogP contribution in [0.3, 0.4) is 0 Å². The van der Waals surface area contributed by atoms with Crippen LogP contribution in [0.25, 0.3) is 0 Å². The number of ether oxygens (including phenoxy) is 1. The maximum absolute atomic E-state index is 12.2. The van der Waals surface area contributed by atoms with Crippen LogP contribution in [0, 0.1) is 17.2 Å². The largest absolute Gasteiger partial charge is 0.489 e. The second kappa shape index (κ2) is 9.45. The summed E-state index contributed by atoms with van der Waals surface area (Å²) in [6.07, 6.45) is 0.663. The number of benzene rings is 2. The van der Waals surface area contributed by atoms with E-state index in [1.807, 2.05) is 19.1 Å². The van der Waals surface area contributed by atoms with Gasteiger partial charge in [-0.15, -0.1) is 0 Å². The van der Waals surface area contributed by atoms with E-state index in [0.717, 1.165) is 5.56 Å². The number of aliphatic hydroxyl groups is 1. The van der Waals surface area contributed by atoms with Crippen molar-refractivity contribution in [2.75, 3.05) is 13.2 Å².